The van der Waals surface area contributed by atoms with Gasteiger partial charge in [-0.25, -0.2) is 0 Å². The number of amides is 1. The van der Waals surface area contributed by atoms with Crippen molar-refractivity contribution in [3.05, 3.63) is 29.8 Å². The average Bonchev–Trinajstić information content (AvgIpc) is 3.11. The number of hydrogen-bond acceptors (Lipinski definition) is 6. The monoisotopic (exact) mass is 389 g/mol. The molecule has 0 spiro atoms. The summed E-state index contributed by atoms with van der Waals surface area (Å²) in [5.74, 6) is 1.13. The van der Waals surface area contributed by atoms with Crippen molar-refractivity contribution in [1.82, 2.24) is 20.1 Å². The van der Waals surface area contributed by atoms with Crippen LogP contribution in [0.4, 0.5) is 5.95 Å². The molecule has 1 unspecified atom stereocenters. The molecular formula is C19H27N5O2S. The zero-order chi connectivity index (χ0) is 19.2. The van der Waals surface area contributed by atoms with Gasteiger partial charge < -0.3 is 15.0 Å². The second kappa shape index (κ2) is 9.23. The molecule has 1 fully saturated rings. The van der Waals surface area contributed by atoms with E-state index in [9.17, 15) is 4.79 Å². The molecule has 0 bridgehead atoms. The highest BCUT2D eigenvalue weighted by Crippen LogP contribution is 2.27. The average molecular weight is 390 g/mol. The summed E-state index contributed by atoms with van der Waals surface area (Å²) in [4.78, 5) is 14.4. The number of benzene rings is 1. The van der Waals surface area contributed by atoms with Crippen LogP contribution >= 0.6 is 11.8 Å². The number of morpholine rings is 1. The summed E-state index contributed by atoms with van der Waals surface area (Å²) in [6.45, 7) is 9.05. The molecule has 2 heterocycles. The first-order valence-electron chi connectivity index (χ1n) is 9.35. The highest BCUT2D eigenvalue weighted by atomic mass is 32.2. The van der Waals surface area contributed by atoms with Gasteiger partial charge in [0.05, 0.1) is 24.7 Å². The molecular weight excluding hydrogens is 362 g/mol. The zero-order valence-corrected chi connectivity index (χ0v) is 17.0. The molecule has 7 nitrogen and oxygen atoms in total. The van der Waals surface area contributed by atoms with Crippen molar-refractivity contribution in [2.24, 2.45) is 0 Å². The molecule has 27 heavy (non-hydrogen) atoms. The summed E-state index contributed by atoms with van der Waals surface area (Å²) < 4.78 is 7.49. The number of nitrogens with zero attached hydrogens (tertiary/aromatic N) is 4. The second-order valence-electron chi connectivity index (χ2n) is 6.72. The Morgan fingerprint density at radius 3 is 2.63 bits per heavy atom. The minimum atomic E-state index is 0.0146. The number of hydrogen-bond donors (Lipinski definition) is 1. The Balaban J connectivity index is 1.83. The van der Waals surface area contributed by atoms with Gasteiger partial charge in [0.25, 0.3) is 0 Å². The molecule has 1 atom stereocenters. The minimum absolute atomic E-state index is 0.0146. The van der Waals surface area contributed by atoms with Gasteiger partial charge in [0.15, 0.2) is 5.16 Å². The Hall–Kier alpha value is -2.06. The van der Waals surface area contributed by atoms with E-state index in [0.717, 1.165) is 36.3 Å². The van der Waals surface area contributed by atoms with Gasteiger partial charge in [-0.3, -0.25) is 9.36 Å². The summed E-state index contributed by atoms with van der Waals surface area (Å²) in [5.41, 5.74) is 2.19. The molecule has 1 amide bonds. The van der Waals surface area contributed by atoms with E-state index in [1.54, 1.807) is 0 Å². The second-order valence-corrected chi connectivity index (χ2v) is 7.66. The van der Waals surface area contributed by atoms with E-state index >= 15 is 0 Å². The lowest BCUT2D eigenvalue weighted by Gasteiger charge is -2.28. The first-order chi connectivity index (χ1) is 13.1. The van der Waals surface area contributed by atoms with Crippen LogP contribution in [0.2, 0.25) is 0 Å². The summed E-state index contributed by atoms with van der Waals surface area (Å²) in [6, 6.07) is 8.44. The summed E-state index contributed by atoms with van der Waals surface area (Å²) in [6.07, 6.45) is 0.914. The zero-order valence-electron chi connectivity index (χ0n) is 16.1. The van der Waals surface area contributed by atoms with Crippen LogP contribution in [0.5, 0.6) is 0 Å². The highest BCUT2D eigenvalue weighted by molar-refractivity contribution is 7.99. The number of aryl methyl sites for hydroxylation is 1. The lowest BCUT2D eigenvalue weighted by atomic mass is 10.2. The van der Waals surface area contributed by atoms with Crippen molar-refractivity contribution in [1.29, 1.82) is 0 Å². The van der Waals surface area contributed by atoms with Crippen LogP contribution in [-0.4, -0.2) is 58.8 Å². The number of carbonyl (C=O) groups is 1. The van der Waals surface area contributed by atoms with E-state index < -0.39 is 0 Å². The van der Waals surface area contributed by atoms with Gasteiger partial charge in [-0.2, -0.15) is 0 Å². The van der Waals surface area contributed by atoms with E-state index in [1.807, 2.05) is 11.5 Å². The van der Waals surface area contributed by atoms with Gasteiger partial charge in [-0.15, -0.1) is 10.2 Å². The maximum atomic E-state index is 12.2. The van der Waals surface area contributed by atoms with Crippen LogP contribution in [-0.2, 0) is 9.53 Å². The SMILES string of the molecule is CCC(C)NC(=O)CSc1nnc(N2CCOCC2)n1-c1ccc(C)cc1. The van der Waals surface area contributed by atoms with Crippen LogP contribution in [0, 0.1) is 6.92 Å². The molecule has 1 saturated heterocycles. The lowest BCUT2D eigenvalue weighted by molar-refractivity contribution is -0.119. The largest absolute Gasteiger partial charge is 0.378 e. The summed E-state index contributed by atoms with van der Waals surface area (Å²) in [5, 5.41) is 12.5. The highest BCUT2D eigenvalue weighted by Gasteiger charge is 2.22. The molecule has 8 heteroatoms. The fourth-order valence-electron chi connectivity index (χ4n) is 2.79. The lowest BCUT2D eigenvalue weighted by Crippen LogP contribution is -2.38. The van der Waals surface area contributed by atoms with Gasteiger partial charge in [0, 0.05) is 19.1 Å². The molecule has 0 aliphatic carbocycles. The Labute approximate surface area is 164 Å². The summed E-state index contributed by atoms with van der Waals surface area (Å²) >= 11 is 1.41. The fraction of sp³-hybridized carbons (Fsp3) is 0.526. The van der Waals surface area contributed by atoms with Crippen LogP contribution < -0.4 is 10.2 Å². The van der Waals surface area contributed by atoms with E-state index in [0.29, 0.717) is 19.0 Å². The molecule has 0 saturated carbocycles. The molecule has 146 valence electrons. The number of nitrogens with one attached hydrogen (secondary N) is 1. The first kappa shape index (κ1) is 19.7. The molecule has 1 aliphatic rings. The van der Waals surface area contributed by atoms with Crippen molar-refractivity contribution in [3.8, 4) is 5.69 Å². The molecule has 1 N–H and O–H groups in total. The van der Waals surface area contributed by atoms with Gasteiger partial charge in [-0.1, -0.05) is 36.4 Å². The van der Waals surface area contributed by atoms with Crippen LogP contribution in [0.25, 0.3) is 5.69 Å². The van der Waals surface area contributed by atoms with Crippen LogP contribution in [0.1, 0.15) is 25.8 Å². The van der Waals surface area contributed by atoms with Crippen LogP contribution in [0.3, 0.4) is 0 Å². The van der Waals surface area contributed by atoms with E-state index in [2.05, 4.69) is 58.5 Å². The van der Waals surface area contributed by atoms with Crippen molar-refractivity contribution >= 4 is 23.6 Å². The molecule has 0 radical (unpaired) electrons. The third-order valence-electron chi connectivity index (χ3n) is 4.55. The van der Waals surface area contributed by atoms with E-state index in [4.69, 9.17) is 4.74 Å². The smallest absolute Gasteiger partial charge is 0.232 e. The maximum absolute atomic E-state index is 12.2. The van der Waals surface area contributed by atoms with Gasteiger partial charge in [-0.05, 0) is 32.4 Å². The van der Waals surface area contributed by atoms with E-state index in [-0.39, 0.29) is 11.9 Å². The predicted molar refractivity (Wildman–Crippen MR) is 108 cm³/mol. The number of rotatable bonds is 7. The quantitative estimate of drug-likeness (QED) is 0.733. The van der Waals surface area contributed by atoms with Crippen molar-refractivity contribution in [3.63, 3.8) is 0 Å². The van der Waals surface area contributed by atoms with Crippen LogP contribution in [0.15, 0.2) is 29.4 Å². The Morgan fingerprint density at radius 1 is 1.26 bits per heavy atom. The van der Waals surface area contributed by atoms with Gasteiger partial charge in [0.2, 0.25) is 11.9 Å². The topological polar surface area (TPSA) is 72.3 Å². The minimum Gasteiger partial charge on any atom is -0.378 e. The van der Waals surface area contributed by atoms with Gasteiger partial charge >= 0.3 is 0 Å². The standard InChI is InChI=1S/C19H27N5O2S/c1-4-15(3)20-17(25)13-27-19-22-21-18(23-9-11-26-12-10-23)24(19)16-7-5-14(2)6-8-16/h5-8,15H,4,9-13H2,1-3H3,(H,20,25). The molecule has 1 aliphatic heterocycles. The van der Waals surface area contributed by atoms with Crippen molar-refractivity contribution in [2.45, 2.75) is 38.4 Å². The maximum Gasteiger partial charge on any atom is 0.232 e. The molecule has 1 aromatic carbocycles. The fourth-order valence-corrected chi connectivity index (χ4v) is 3.55. The molecule has 2 aromatic rings. The number of carbonyl (C=O) groups excluding carboxylic acids is 1. The molecule has 1 aromatic heterocycles. The number of thioether (sulfide) groups is 1. The van der Waals surface area contributed by atoms with E-state index in [1.165, 1.54) is 17.3 Å². The Kier molecular flexibility index (Phi) is 6.73. The first-order valence-corrected chi connectivity index (χ1v) is 10.3. The molecule has 3 rings (SSSR count). The third-order valence-corrected chi connectivity index (χ3v) is 5.48. The number of ether oxygens (including phenoxy) is 1. The number of aromatic nitrogens is 3. The Bertz CT molecular complexity index is 756. The third kappa shape index (κ3) is 5.01. The Morgan fingerprint density at radius 2 is 1.96 bits per heavy atom. The normalized spacial score (nSPS) is 15.6. The van der Waals surface area contributed by atoms with Gasteiger partial charge in [0.1, 0.15) is 0 Å². The van der Waals surface area contributed by atoms with Crippen molar-refractivity contribution in [2.75, 3.05) is 37.0 Å². The number of anilines is 1. The summed E-state index contributed by atoms with van der Waals surface area (Å²) in [7, 11) is 0. The predicted octanol–water partition coefficient (Wildman–Crippen LogP) is 2.42. The van der Waals surface area contributed by atoms with Crippen molar-refractivity contribution < 1.29 is 9.53 Å².